The van der Waals surface area contributed by atoms with Crippen molar-refractivity contribution >= 4 is 0 Å². The maximum atomic E-state index is 13.7. The first-order valence-electron chi connectivity index (χ1n) is 6.35. The molecule has 0 amide bonds. The molecule has 1 aliphatic heterocycles. The minimum Gasteiger partial charge on any atom is -0.375 e. The fourth-order valence-electron chi connectivity index (χ4n) is 2.59. The summed E-state index contributed by atoms with van der Waals surface area (Å²) >= 11 is 0. The lowest BCUT2D eigenvalue weighted by Gasteiger charge is -2.37. The van der Waals surface area contributed by atoms with E-state index in [1.807, 2.05) is 0 Å². The molecule has 2 aliphatic rings. The van der Waals surface area contributed by atoms with Gasteiger partial charge in [-0.25, -0.2) is 4.39 Å². The molecule has 2 heteroatoms. The Kier molecular flexibility index (Phi) is 3.09. The normalized spacial score (nSPS) is 30.7. The number of likely N-dealkylation sites (tertiary alicyclic amines) is 1. The molecular formula is C14H22FN. The molecule has 1 fully saturated rings. The molecule has 0 N–H and O–H groups in total. The predicted molar refractivity (Wildman–Crippen MR) is 65.6 cm³/mol. The molecule has 0 bridgehead atoms. The van der Waals surface area contributed by atoms with Crippen LogP contribution in [0, 0.1) is 11.3 Å². The van der Waals surface area contributed by atoms with Crippen LogP contribution in [0.15, 0.2) is 23.7 Å². The fraction of sp³-hybridized carbons (Fsp3) is 0.714. The first kappa shape index (κ1) is 11.7. The number of hydrogen-bond donors (Lipinski definition) is 0. The Hall–Kier alpha value is -0.790. The van der Waals surface area contributed by atoms with Crippen LogP contribution >= 0.6 is 0 Å². The van der Waals surface area contributed by atoms with E-state index in [9.17, 15) is 4.39 Å². The standard InChI is InChI=1S/C14H22FN/c1-11(2)14(3)9-12(15)8-13(10-14)16-6-4-5-7-16/h8-9,11H,4-7,10H2,1-3H3. The van der Waals surface area contributed by atoms with Crippen LogP contribution in [0.5, 0.6) is 0 Å². The minimum atomic E-state index is -0.0515. The first-order chi connectivity index (χ1) is 7.51. The van der Waals surface area contributed by atoms with Crippen LogP contribution in [-0.4, -0.2) is 18.0 Å². The number of allylic oxidation sites excluding steroid dienone is 4. The highest BCUT2D eigenvalue weighted by Gasteiger charge is 2.32. The molecule has 16 heavy (non-hydrogen) atoms. The SMILES string of the molecule is CC(C)C1(C)C=C(F)C=C(N2CCCC2)C1. The van der Waals surface area contributed by atoms with Gasteiger partial charge >= 0.3 is 0 Å². The van der Waals surface area contributed by atoms with Crippen LogP contribution in [0.25, 0.3) is 0 Å². The van der Waals surface area contributed by atoms with Crippen molar-refractivity contribution in [2.75, 3.05) is 13.1 Å². The second kappa shape index (κ2) is 4.23. The zero-order valence-electron chi connectivity index (χ0n) is 10.6. The molecule has 0 spiro atoms. The summed E-state index contributed by atoms with van der Waals surface area (Å²) in [6, 6.07) is 0. The monoisotopic (exact) mass is 223 g/mol. The van der Waals surface area contributed by atoms with Crippen LogP contribution in [0.4, 0.5) is 4.39 Å². The highest BCUT2D eigenvalue weighted by Crippen LogP contribution is 2.41. The van der Waals surface area contributed by atoms with Gasteiger partial charge in [0, 0.05) is 18.8 Å². The van der Waals surface area contributed by atoms with Gasteiger partial charge in [-0.1, -0.05) is 20.8 Å². The van der Waals surface area contributed by atoms with Gasteiger partial charge in [0.25, 0.3) is 0 Å². The molecule has 0 radical (unpaired) electrons. The van der Waals surface area contributed by atoms with Gasteiger partial charge in [-0.05, 0) is 42.7 Å². The average Bonchev–Trinajstić information content (AvgIpc) is 2.68. The van der Waals surface area contributed by atoms with E-state index in [0.717, 1.165) is 19.5 Å². The molecule has 1 atom stereocenters. The maximum absolute atomic E-state index is 13.7. The summed E-state index contributed by atoms with van der Waals surface area (Å²) in [5.74, 6) is 0.425. The summed E-state index contributed by atoms with van der Waals surface area (Å²) in [5.41, 5.74) is 1.19. The Bertz CT molecular complexity index is 324. The smallest absolute Gasteiger partial charge is 0.121 e. The van der Waals surface area contributed by atoms with Crippen LogP contribution in [-0.2, 0) is 0 Å². The Morgan fingerprint density at radius 1 is 1.31 bits per heavy atom. The molecule has 0 aromatic carbocycles. The molecule has 90 valence electrons. The lowest BCUT2D eigenvalue weighted by molar-refractivity contribution is 0.250. The van der Waals surface area contributed by atoms with E-state index < -0.39 is 0 Å². The number of halogens is 1. The average molecular weight is 223 g/mol. The number of rotatable bonds is 2. The summed E-state index contributed by atoms with van der Waals surface area (Å²) in [5, 5.41) is 0. The Morgan fingerprint density at radius 2 is 1.94 bits per heavy atom. The van der Waals surface area contributed by atoms with Crippen molar-refractivity contribution in [3.63, 3.8) is 0 Å². The van der Waals surface area contributed by atoms with Gasteiger partial charge in [0.2, 0.25) is 0 Å². The molecule has 1 saturated heterocycles. The molecule has 1 heterocycles. The Balaban J connectivity index is 2.19. The molecule has 0 saturated carbocycles. The second-order valence-electron chi connectivity index (χ2n) is 5.70. The van der Waals surface area contributed by atoms with Crippen LogP contribution < -0.4 is 0 Å². The molecule has 0 aromatic heterocycles. The zero-order valence-corrected chi connectivity index (χ0v) is 10.6. The topological polar surface area (TPSA) is 3.24 Å². The highest BCUT2D eigenvalue weighted by atomic mass is 19.1. The molecule has 2 rings (SSSR count). The van der Waals surface area contributed by atoms with Gasteiger partial charge in [0.1, 0.15) is 5.83 Å². The highest BCUT2D eigenvalue weighted by molar-refractivity contribution is 5.28. The van der Waals surface area contributed by atoms with E-state index in [1.165, 1.54) is 18.5 Å². The maximum Gasteiger partial charge on any atom is 0.121 e. The molecular weight excluding hydrogens is 201 g/mol. The first-order valence-corrected chi connectivity index (χ1v) is 6.35. The van der Waals surface area contributed by atoms with Gasteiger partial charge in [-0.2, -0.15) is 0 Å². The van der Waals surface area contributed by atoms with Crippen LogP contribution in [0.2, 0.25) is 0 Å². The van der Waals surface area contributed by atoms with E-state index in [-0.39, 0.29) is 11.2 Å². The number of nitrogens with zero attached hydrogens (tertiary/aromatic N) is 1. The van der Waals surface area contributed by atoms with Crippen molar-refractivity contribution in [3.8, 4) is 0 Å². The van der Waals surface area contributed by atoms with Gasteiger partial charge < -0.3 is 4.90 Å². The Labute approximate surface area is 98.0 Å². The Morgan fingerprint density at radius 3 is 2.50 bits per heavy atom. The van der Waals surface area contributed by atoms with Crippen molar-refractivity contribution in [2.45, 2.75) is 40.0 Å². The van der Waals surface area contributed by atoms with Crippen molar-refractivity contribution in [2.24, 2.45) is 11.3 Å². The summed E-state index contributed by atoms with van der Waals surface area (Å²) in [6.07, 6.45) is 7.02. The minimum absolute atomic E-state index is 0.0171. The van der Waals surface area contributed by atoms with Crippen LogP contribution in [0.1, 0.15) is 40.0 Å². The van der Waals surface area contributed by atoms with E-state index in [1.54, 1.807) is 12.2 Å². The quantitative estimate of drug-likeness (QED) is 0.686. The van der Waals surface area contributed by atoms with Crippen LogP contribution in [0.3, 0.4) is 0 Å². The summed E-state index contributed by atoms with van der Waals surface area (Å²) < 4.78 is 13.7. The van der Waals surface area contributed by atoms with E-state index in [4.69, 9.17) is 0 Å². The van der Waals surface area contributed by atoms with Gasteiger partial charge in [-0.15, -0.1) is 0 Å². The van der Waals surface area contributed by atoms with E-state index in [2.05, 4.69) is 25.7 Å². The predicted octanol–water partition coefficient (Wildman–Crippen LogP) is 3.89. The zero-order chi connectivity index (χ0) is 11.8. The third-order valence-corrected chi connectivity index (χ3v) is 4.17. The number of hydrogen-bond acceptors (Lipinski definition) is 1. The third kappa shape index (κ3) is 2.16. The van der Waals surface area contributed by atoms with E-state index >= 15 is 0 Å². The lowest BCUT2D eigenvalue weighted by atomic mass is 9.73. The molecule has 0 aromatic rings. The third-order valence-electron chi connectivity index (χ3n) is 4.17. The molecule has 1 nitrogen and oxygen atoms in total. The molecule has 1 aliphatic carbocycles. The van der Waals surface area contributed by atoms with Crippen molar-refractivity contribution in [3.05, 3.63) is 23.7 Å². The fourth-order valence-corrected chi connectivity index (χ4v) is 2.59. The summed E-state index contributed by atoms with van der Waals surface area (Å²) in [4.78, 5) is 2.35. The van der Waals surface area contributed by atoms with Crippen molar-refractivity contribution in [1.29, 1.82) is 0 Å². The van der Waals surface area contributed by atoms with Gasteiger partial charge in [0.15, 0.2) is 0 Å². The van der Waals surface area contributed by atoms with Gasteiger partial charge in [0.05, 0.1) is 0 Å². The van der Waals surface area contributed by atoms with Crippen molar-refractivity contribution < 1.29 is 4.39 Å². The largest absolute Gasteiger partial charge is 0.375 e. The lowest BCUT2D eigenvalue weighted by Crippen LogP contribution is -2.30. The molecule has 1 unspecified atom stereocenters. The summed E-state index contributed by atoms with van der Waals surface area (Å²) in [7, 11) is 0. The van der Waals surface area contributed by atoms with E-state index in [0.29, 0.717) is 5.92 Å². The van der Waals surface area contributed by atoms with Gasteiger partial charge in [-0.3, -0.25) is 0 Å². The second-order valence-corrected chi connectivity index (χ2v) is 5.70. The summed E-state index contributed by atoms with van der Waals surface area (Å²) in [6.45, 7) is 8.73. The van der Waals surface area contributed by atoms with Crippen molar-refractivity contribution in [1.82, 2.24) is 4.90 Å².